The van der Waals surface area contributed by atoms with Crippen molar-refractivity contribution in [1.29, 1.82) is 0 Å². The number of pyridine rings is 1. The summed E-state index contributed by atoms with van der Waals surface area (Å²) >= 11 is 0. The fraction of sp³-hybridized carbons (Fsp3) is 0.647. The second kappa shape index (κ2) is 8.22. The molecule has 1 saturated heterocycles. The van der Waals surface area contributed by atoms with Crippen LogP contribution in [-0.2, 0) is 4.43 Å². The largest absolute Gasteiger partial charge is 0.465 e. The highest BCUT2D eigenvalue weighted by Crippen LogP contribution is 2.31. The van der Waals surface area contributed by atoms with Crippen LogP contribution in [-0.4, -0.2) is 66.8 Å². The standard InChI is InChI=1S/C17H28N4O5Si/c1-17(2,3)15(26-27(4)5)13-11-19(8-9-20(13)16(22)23)12-6-7-14(18-10-12)21(24)25/h6-7,10,13,15,27H,8-9,11H2,1-5H3,(H,22,23)/t13-,15?/m1/s1. The number of rotatable bonds is 5. The number of hydrogen-bond acceptors (Lipinski definition) is 6. The number of carbonyl (C=O) groups is 1. The first kappa shape index (κ1) is 21.1. The second-order valence-electron chi connectivity index (χ2n) is 8.09. The lowest BCUT2D eigenvalue weighted by Crippen LogP contribution is -2.62. The zero-order valence-corrected chi connectivity index (χ0v) is 17.6. The predicted molar refractivity (Wildman–Crippen MR) is 105 cm³/mol. The average molecular weight is 397 g/mol. The molecule has 150 valence electrons. The van der Waals surface area contributed by atoms with Crippen LogP contribution in [0.3, 0.4) is 0 Å². The Morgan fingerprint density at radius 1 is 1.41 bits per heavy atom. The maximum absolute atomic E-state index is 11.8. The molecule has 0 aromatic carbocycles. The van der Waals surface area contributed by atoms with Gasteiger partial charge < -0.3 is 24.5 Å². The maximum atomic E-state index is 11.8. The smallest absolute Gasteiger partial charge is 0.407 e. The Bertz CT molecular complexity index is 677. The molecular weight excluding hydrogens is 368 g/mol. The average Bonchev–Trinajstić information content (AvgIpc) is 2.58. The number of hydrogen-bond donors (Lipinski definition) is 1. The topological polar surface area (TPSA) is 109 Å². The molecule has 2 atom stereocenters. The summed E-state index contributed by atoms with van der Waals surface area (Å²) in [6.45, 7) is 11.6. The molecule has 0 spiro atoms. The zero-order valence-electron chi connectivity index (χ0n) is 16.5. The Morgan fingerprint density at radius 3 is 2.52 bits per heavy atom. The predicted octanol–water partition coefficient (Wildman–Crippen LogP) is 2.57. The van der Waals surface area contributed by atoms with Gasteiger partial charge in [-0.25, -0.2) is 4.79 Å². The minimum absolute atomic E-state index is 0.207. The van der Waals surface area contributed by atoms with E-state index in [-0.39, 0.29) is 23.4 Å². The van der Waals surface area contributed by atoms with Crippen molar-refractivity contribution >= 4 is 26.6 Å². The summed E-state index contributed by atoms with van der Waals surface area (Å²) in [5.74, 6) is -0.207. The van der Waals surface area contributed by atoms with Crippen LogP contribution in [0.5, 0.6) is 0 Å². The molecule has 1 fully saturated rings. The van der Waals surface area contributed by atoms with Crippen LogP contribution in [0.2, 0.25) is 13.1 Å². The molecule has 10 heteroatoms. The van der Waals surface area contributed by atoms with Crippen LogP contribution in [0.1, 0.15) is 20.8 Å². The fourth-order valence-corrected chi connectivity index (χ4v) is 4.56. The van der Waals surface area contributed by atoms with E-state index in [0.29, 0.717) is 19.6 Å². The lowest BCUT2D eigenvalue weighted by atomic mass is 9.83. The minimum atomic E-state index is -1.40. The van der Waals surface area contributed by atoms with Gasteiger partial charge in [-0.2, -0.15) is 0 Å². The number of piperazine rings is 1. The summed E-state index contributed by atoms with van der Waals surface area (Å²) in [5, 5.41) is 20.5. The molecule has 0 radical (unpaired) electrons. The molecule has 1 aromatic heterocycles. The monoisotopic (exact) mass is 396 g/mol. The highest BCUT2D eigenvalue weighted by molar-refractivity contribution is 6.48. The van der Waals surface area contributed by atoms with Gasteiger partial charge >= 0.3 is 11.9 Å². The van der Waals surface area contributed by atoms with Crippen LogP contribution in [0.25, 0.3) is 0 Å². The molecule has 1 aliphatic heterocycles. The summed E-state index contributed by atoms with van der Waals surface area (Å²) in [6.07, 6.45) is 0.272. The third kappa shape index (κ3) is 5.16. The van der Waals surface area contributed by atoms with E-state index in [0.717, 1.165) is 5.69 Å². The van der Waals surface area contributed by atoms with Gasteiger partial charge in [0.25, 0.3) is 0 Å². The molecule has 2 heterocycles. The SMILES string of the molecule is C[SiH](C)OC([C@H]1CN(c2ccc([N+](=O)[O-])nc2)CCN1C(=O)O)C(C)(C)C. The molecule has 1 amide bonds. The van der Waals surface area contributed by atoms with Crippen molar-refractivity contribution in [2.45, 2.75) is 46.0 Å². The molecule has 27 heavy (non-hydrogen) atoms. The Balaban J connectivity index is 2.30. The lowest BCUT2D eigenvalue weighted by Gasteiger charge is -2.48. The summed E-state index contributed by atoms with van der Waals surface area (Å²) in [5.41, 5.74) is 0.511. The fourth-order valence-electron chi connectivity index (χ4n) is 3.38. The van der Waals surface area contributed by atoms with E-state index < -0.39 is 20.1 Å². The summed E-state index contributed by atoms with van der Waals surface area (Å²) in [4.78, 5) is 29.4. The van der Waals surface area contributed by atoms with Crippen molar-refractivity contribution in [3.05, 3.63) is 28.4 Å². The van der Waals surface area contributed by atoms with Crippen molar-refractivity contribution in [3.8, 4) is 0 Å². The van der Waals surface area contributed by atoms with E-state index in [2.05, 4.69) is 38.8 Å². The van der Waals surface area contributed by atoms with Gasteiger partial charge in [-0.15, -0.1) is 0 Å². The Kier molecular flexibility index (Phi) is 6.42. The van der Waals surface area contributed by atoms with Gasteiger partial charge in [0.1, 0.15) is 0 Å². The number of aromatic nitrogens is 1. The van der Waals surface area contributed by atoms with Gasteiger partial charge in [-0.1, -0.05) is 20.8 Å². The van der Waals surface area contributed by atoms with Crippen molar-refractivity contribution in [1.82, 2.24) is 9.88 Å². The summed E-state index contributed by atoms with van der Waals surface area (Å²) < 4.78 is 6.27. The highest BCUT2D eigenvalue weighted by Gasteiger charge is 2.42. The van der Waals surface area contributed by atoms with Gasteiger partial charge in [0, 0.05) is 25.7 Å². The molecule has 0 bridgehead atoms. The lowest BCUT2D eigenvalue weighted by molar-refractivity contribution is -0.389. The van der Waals surface area contributed by atoms with E-state index in [4.69, 9.17) is 4.43 Å². The van der Waals surface area contributed by atoms with Crippen LogP contribution in [0, 0.1) is 15.5 Å². The number of amides is 1. The Labute approximate surface area is 160 Å². The van der Waals surface area contributed by atoms with E-state index >= 15 is 0 Å². The third-order valence-electron chi connectivity index (χ3n) is 4.57. The van der Waals surface area contributed by atoms with E-state index in [1.807, 2.05) is 4.90 Å². The van der Waals surface area contributed by atoms with Crippen LogP contribution in [0.4, 0.5) is 16.3 Å². The first-order valence-electron chi connectivity index (χ1n) is 9.01. The van der Waals surface area contributed by atoms with Crippen molar-refractivity contribution < 1.29 is 19.3 Å². The molecule has 0 aliphatic carbocycles. The van der Waals surface area contributed by atoms with Crippen LogP contribution < -0.4 is 4.90 Å². The molecule has 1 N–H and O–H groups in total. The first-order valence-corrected chi connectivity index (χ1v) is 11.8. The van der Waals surface area contributed by atoms with E-state index in [1.54, 1.807) is 6.07 Å². The van der Waals surface area contributed by atoms with Gasteiger partial charge in [-0.3, -0.25) is 4.90 Å². The second-order valence-corrected chi connectivity index (χ2v) is 10.5. The van der Waals surface area contributed by atoms with Crippen molar-refractivity contribution in [3.63, 3.8) is 0 Å². The molecule has 0 saturated carbocycles. The molecule has 1 aromatic rings. The maximum Gasteiger partial charge on any atom is 0.407 e. The zero-order chi connectivity index (χ0) is 20.4. The van der Waals surface area contributed by atoms with Gasteiger partial charge in [0.15, 0.2) is 15.2 Å². The molecular formula is C17H28N4O5Si. The first-order chi connectivity index (χ1) is 12.5. The van der Waals surface area contributed by atoms with Crippen LogP contribution >= 0.6 is 0 Å². The quantitative estimate of drug-likeness (QED) is 0.463. The van der Waals surface area contributed by atoms with Gasteiger partial charge in [-0.05, 0) is 34.5 Å². The van der Waals surface area contributed by atoms with Gasteiger partial charge in [0.2, 0.25) is 0 Å². The third-order valence-corrected chi connectivity index (χ3v) is 5.41. The summed E-state index contributed by atoms with van der Waals surface area (Å²) in [7, 11) is -1.40. The highest BCUT2D eigenvalue weighted by atomic mass is 28.3. The van der Waals surface area contributed by atoms with E-state index in [9.17, 15) is 20.0 Å². The summed E-state index contributed by atoms with van der Waals surface area (Å²) in [6, 6.07) is 2.69. The van der Waals surface area contributed by atoms with Crippen molar-refractivity contribution in [2.24, 2.45) is 5.41 Å². The number of carboxylic acid groups (broad SMARTS) is 1. The molecule has 1 aliphatic rings. The normalized spacial score (nSPS) is 19.3. The molecule has 9 nitrogen and oxygen atoms in total. The number of anilines is 1. The minimum Gasteiger partial charge on any atom is -0.465 e. The Hall–Kier alpha value is -2.20. The Morgan fingerprint density at radius 2 is 2.07 bits per heavy atom. The number of nitro groups is 1. The van der Waals surface area contributed by atoms with Gasteiger partial charge in [0.05, 0.1) is 17.8 Å². The van der Waals surface area contributed by atoms with Crippen LogP contribution in [0.15, 0.2) is 18.3 Å². The molecule has 1 unspecified atom stereocenters. The van der Waals surface area contributed by atoms with E-state index in [1.165, 1.54) is 17.2 Å². The molecule has 2 rings (SSSR count). The van der Waals surface area contributed by atoms with Crippen molar-refractivity contribution in [2.75, 3.05) is 24.5 Å². The number of nitrogens with zero attached hydrogens (tertiary/aromatic N) is 4.